The van der Waals surface area contributed by atoms with Gasteiger partial charge in [-0.25, -0.2) is 0 Å². The second-order valence-electron chi connectivity index (χ2n) is 5.14. The number of nitrogens with zero attached hydrogens (tertiary/aromatic N) is 3. The highest BCUT2D eigenvalue weighted by molar-refractivity contribution is 7.99. The van der Waals surface area contributed by atoms with Gasteiger partial charge in [0, 0.05) is 5.02 Å². The van der Waals surface area contributed by atoms with E-state index in [1.165, 1.54) is 30.4 Å². The number of amides is 2. The molecule has 0 spiro atoms. The third-order valence-electron chi connectivity index (χ3n) is 3.35. The molecule has 2 N–H and O–H groups in total. The molecule has 26 heavy (non-hydrogen) atoms. The standard InChI is InChI=1S/C16H14ClN5O3S/c1-10-13(5-6-25-10)15(24)20-19-14(23)8-26-16-21-18-9-22(16)12-4-2-3-11(17)7-12/h2-7,9H,8H2,1H3,(H,19,23)(H,20,24). The molecule has 0 saturated heterocycles. The van der Waals surface area contributed by atoms with Crippen molar-refractivity contribution in [1.82, 2.24) is 25.6 Å². The van der Waals surface area contributed by atoms with Gasteiger partial charge in [0.1, 0.15) is 12.1 Å². The lowest BCUT2D eigenvalue weighted by molar-refractivity contribution is -0.119. The largest absolute Gasteiger partial charge is 0.469 e. The van der Waals surface area contributed by atoms with Crippen molar-refractivity contribution in [2.45, 2.75) is 12.1 Å². The number of hydrogen-bond acceptors (Lipinski definition) is 6. The zero-order valence-electron chi connectivity index (χ0n) is 13.6. The second-order valence-corrected chi connectivity index (χ2v) is 6.52. The number of carbonyl (C=O) groups excluding carboxylic acids is 2. The third kappa shape index (κ3) is 4.24. The minimum absolute atomic E-state index is 0.0455. The number of aryl methyl sites for hydroxylation is 1. The topological polar surface area (TPSA) is 102 Å². The highest BCUT2D eigenvalue weighted by Crippen LogP contribution is 2.21. The van der Waals surface area contributed by atoms with E-state index < -0.39 is 5.91 Å². The molecule has 2 amide bonds. The Morgan fingerprint density at radius 1 is 1.31 bits per heavy atom. The lowest BCUT2D eigenvalue weighted by atomic mass is 10.2. The van der Waals surface area contributed by atoms with Crippen molar-refractivity contribution in [3.8, 4) is 5.69 Å². The van der Waals surface area contributed by atoms with Crippen LogP contribution in [0.5, 0.6) is 0 Å². The molecule has 3 rings (SSSR count). The van der Waals surface area contributed by atoms with Crippen LogP contribution in [0.4, 0.5) is 0 Å². The Labute approximate surface area is 157 Å². The Hall–Kier alpha value is -2.78. The van der Waals surface area contributed by atoms with Gasteiger partial charge in [-0.2, -0.15) is 0 Å². The number of hydrogen-bond donors (Lipinski definition) is 2. The molecule has 0 aliphatic heterocycles. The minimum atomic E-state index is -0.448. The first kappa shape index (κ1) is 18.0. The van der Waals surface area contributed by atoms with E-state index in [0.29, 0.717) is 21.5 Å². The second kappa shape index (κ2) is 8.07. The average molecular weight is 392 g/mol. The third-order valence-corrected chi connectivity index (χ3v) is 4.53. The maximum atomic E-state index is 12.0. The van der Waals surface area contributed by atoms with Gasteiger partial charge in [-0.1, -0.05) is 29.4 Å². The summed E-state index contributed by atoms with van der Waals surface area (Å²) in [7, 11) is 0. The van der Waals surface area contributed by atoms with Gasteiger partial charge in [-0.15, -0.1) is 10.2 Å². The molecule has 0 aliphatic carbocycles. The summed E-state index contributed by atoms with van der Waals surface area (Å²) in [6.45, 7) is 1.66. The van der Waals surface area contributed by atoms with E-state index in [9.17, 15) is 9.59 Å². The van der Waals surface area contributed by atoms with Crippen LogP contribution in [0.1, 0.15) is 16.1 Å². The van der Waals surface area contributed by atoms with Crippen molar-refractivity contribution in [1.29, 1.82) is 0 Å². The predicted octanol–water partition coefficient (Wildman–Crippen LogP) is 2.38. The molecule has 3 aromatic rings. The van der Waals surface area contributed by atoms with Crippen LogP contribution in [0.2, 0.25) is 5.02 Å². The molecule has 0 fully saturated rings. The molecule has 0 saturated carbocycles. The van der Waals surface area contributed by atoms with Crippen LogP contribution >= 0.6 is 23.4 Å². The molecule has 0 radical (unpaired) electrons. The lowest BCUT2D eigenvalue weighted by Gasteiger charge is -2.08. The summed E-state index contributed by atoms with van der Waals surface area (Å²) in [6, 6.07) is 8.72. The van der Waals surface area contributed by atoms with Gasteiger partial charge >= 0.3 is 0 Å². The fourth-order valence-electron chi connectivity index (χ4n) is 2.11. The highest BCUT2D eigenvalue weighted by atomic mass is 35.5. The molecule has 0 unspecified atom stereocenters. The van der Waals surface area contributed by atoms with Gasteiger partial charge in [0.05, 0.1) is 23.3 Å². The first-order valence-corrected chi connectivity index (χ1v) is 8.83. The summed E-state index contributed by atoms with van der Waals surface area (Å²) in [5, 5.41) is 8.97. The fourth-order valence-corrected chi connectivity index (χ4v) is 3.02. The van der Waals surface area contributed by atoms with Crippen LogP contribution < -0.4 is 10.9 Å². The van der Waals surface area contributed by atoms with Gasteiger partial charge in [-0.3, -0.25) is 25.0 Å². The van der Waals surface area contributed by atoms with Crippen LogP contribution in [0, 0.1) is 6.92 Å². The van der Waals surface area contributed by atoms with E-state index in [0.717, 1.165) is 5.69 Å². The molecule has 2 heterocycles. The van der Waals surface area contributed by atoms with E-state index in [-0.39, 0.29) is 11.7 Å². The number of rotatable bonds is 5. The van der Waals surface area contributed by atoms with E-state index in [1.807, 2.05) is 12.1 Å². The molecule has 0 aliphatic rings. The molecule has 10 heteroatoms. The molecular formula is C16H14ClN5O3S. The Morgan fingerprint density at radius 3 is 2.88 bits per heavy atom. The van der Waals surface area contributed by atoms with Crippen LogP contribution in [0.15, 0.2) is 52.5 Å². The molecule has 1 aromatic carbocycles. The minimum Gasteiger partial charge on any atom is -0.469 e. The van der Waals surface area contributed by atoms with Gasteiger partial charge in [0.2, 0.25) is 5.91 Å². The number of carbonyl (C=O) groups is 2. The zero-order chi connectivity index (χ0) is 18.5. The molecular weight excluding hydrogens is 378 g/mol. The van der Waals surface area contributed by atoms with Crippen LogP contribution in [0.3, 0.4) is 0 Å². The molecule has 0 atom stereocenters. The monoisotopic (exact) mass is 391 g/mol. The summed E-state index contributed by atoms with van der Waals surface area (Å²) in [6.07, 6.45) is 2.94. The van der Waals surface area contributed by atoms with Crippen molar-refractivity contribution in [2.75, 3.05) is 5.75 Å². The SMILES string of the molecule is Cc1occc1C(=O)NNC(=O)CSc1nncn1-c1cccc(Cl)c1. The first-order valence-electron chi connectivity index (χ1n) is 7.46. The quantitative estimate of drug-likeness (QED) is 0.511. The lowest BCUT2D eigenvalue weighted by Crippen LogP contribution is -2.42. The summed E-state index contributed by atoms with van der Waals surface area (Å²) in [5.74, 6) is -0.313. The Kier molecular flexibility index (Phi) is 5.59. The normalized spacial score (nSPS) is 10.5. The van der Waals surface area contributed by atoms with Gasteiger partial charge in [-0.05, 0) is 31.2 Å². The Bertz CT molecular complexity index is 939. The van der Waals surface area contributed by atoms with Crippen molar-refractivity contribution < 1.29 is 14.0 Å². The first-order chi connectivity index (χ1) is 12.5. The molecule has 2 aromatic heterocycles. The Morgan fingerprint density at radius 2 is 2.15 bits per heavy atom. The van der Waals surface area contributed by atoms with E-state index in [4.69, 9.17) is 16.0 Å². The zero-order valence-corrected chi connectivity index (χ0v) is 15.2. The van der Waals surface area contributed by atoms with Crippen molar-refractivity contribution in [3.05, 3.63) is 59.3 Å². The average Bonchev–Trinajstić information content (AvgIpc) is 3.26. The highest BCUT2D eigenvalue weighted by Gasteiger charge is 2.14. The summed E-state index contributed by atoms with van der Waals surface area (Å²) < 4.78 is 6.77. The van der Waals surface area contributed by atoms with Crippen molar-refractivity contribution in [3.63, 3.8) is 0 Å². The number of benzene rings is 1. The number of halogens is 1. The smallest absolute Gasteiger partial charge is 0.273 e. The molecule has 8 nitrogen and oxygen atoms in total. The van der Waals surface area contributed by atoms with Crippen molar-refractivity contribution in [2.24, 2.45) is 0 Å². The summed E-state index contributed by atoms with van der Waals surface area (Å²) in [5.41, 5.74) is 5.83. The summed E-state index contributed by atoms with van der Waals surface area (Å²) in [4.78, 5) is 23.9. The summed E-state index contributed by atoms with van der Waals surface area (Å²) >= 11 is 7.17. The van der Waals surface area contributed by atoms with Crippen LogP contribution in [-0.2, 0) is 4.79 Å². The maximum absolute atomic E-state index is 12.0. The van der Waals surface area contributed by atoms with Gasteiger partial charge in [0.15, 0.2) is 5.16 Å². The van der Waals surface area contributed by atoms with E-state index in [2.05, 4.69) is 21.0 Å². The number of furan rings is 1. The number of thioether (sulfide) groups is 1. The maximum Gasteiger partial charge on any atom is 0.273 e. The molecule has 0 bridgehead atoms. The predicted molar refractivity (Wildman–Crippen MR) is 96.1 cm³/mol. The van der Waals surface area contributed by atoms with Crippen molar-refractivity contribution >= 4 is 35.2 Å². The van der Waals surface area contributed by atoms with E-state index >= 15 is 0 Å². The van der Waals surface area contributed by atoms with Crippen LogP contribution in [0.25, 0.3) is 5.69 Å². The number of nitrogens with one attached hydrogen (secondary N) is 2. The van der Waals surface area contributed by atoms with E-state index in [1.54, 1.807) is 23.6 Å². The van der Waals surface area contributed by atoms with Gasteiger partial charge in [0.25, 0.3) is 5.91 Å². The van der Waals surface area contributed by atoms with Gasteiger partial charge < -0.3 is 4.42 Å². The van der Waals surface area contributed by atoms with Crippen LogP contribution in [-0.4, -0.2) is 32.3 Å². The molecule has 134 valence electrons. The Balaban J connectivity index is 1.55. The number of hydrazine groups is 1. The number of aromatic nitrogens is 3. The fraction of sp³-hybridized carbons (Fsp3) is 0.125.